The van der Waals surface area contributed by atoms with Crippen molar-refractivity contribution in [2.75, 3.05) is 0 Å². The van der Waals surface area contributed by atoms with Gasteiger partial charge in [-0.25, -0.2) is 0 Å². The summed E-state index contributed by atoms with van der Waals surface area (Å²) in [5, 5.41) is 0. The average Bonchev–Trinajstić information content (AvgIpc) is 2.33. The molecule has 0 heterocycles. The Morgan fingerprint density at radius 3 is 2.32 bits per heavy atom. The summed E-state index contributed by atoms with van der Waals surface area (Å²) >= 11 is 0. The van der Waals surface area contributed by atoms with Gasteiger partial charge in [0, 0.05) is 6.42 Å². The fourth-order valence-electron chi connectivity index (χ4n) is 2.35. The Morgan fingerprint density at radius 1 is 1.11 bits per heavy atom. The minimum absolute atomic E-state index is 0.302. The molecule has 0 spiro atoms. The van der Waals surface area contributed by atoms with Crippen LogP contribution in [0.3, 0.4) is 0 Å². The van der Waals surface area contributed by atoms with E-state index >= 15 is 0 Å². The third-order valence-corrected chi connectivity index (χ3v) is 3.58. The fourth-order valence-corrected chi connectivity index (χ4v) is 2.35. The second-order valence-corrected chi connectivity index (χ2v) is 5.55. The van der Waals surface area contributed by atoms with Crippen LogP contribution >= 0.6 is 0 Å². The van der Waals surface area contributed by atoms with E-state index in [4.69, 9.17) is 0 Å². The van der Waals surface area contributed by atoms with Gasteiger partial charge in [0.2, 0.25) is 0 Å². The molecular formula is C18H26O. The lowest BCUT2D eigenvalue weighted by Crippen LogP contribution is -1.95. The quantitative estimate of drug-likeness (QED) is 0.500. The van der Waals surface area contributed by atoms with Crippen molar-refractivity contribution in [2.45, 2.75) is 59.8 Å². The number of rotatable bonds is 7. The number of hydrogen-bond donors (Lipinski definition) is 0. The number of aryl methyl sites for hydroxylation is 2. The van der Waals surface area contributed by atoms with Crippen molar-refractivity contribution in [3.05, 3.63) is 46.5 Å². The first-order valence-electron chi connectivity index (χ1n) is 7.21. The summed E-state index contributed by atoms with van der Waals surface area (Å²) in [6, 6.07) is 6.49. The number of hydrogen-bond acceptors (Lipinski definition) is 1. The predicted molar refractivity (Wildman–Crippen MR) is 82.5 cm³/mol. The number of unbranched alkanes of at least 4 members (excludes halogenated alkanes) is 2. The zero-order chi connectivity index (χ0) is 14.3. The molecule has 0 bridgehead atoms. The molecule has 0 aliphatic rings. The lowest BCUT2D eigenvalue weighted by Gasteiger charge is -2.10. The fraction of sp³-hybridized carbons (Fsp3) is 0.500. The van der Waals surface area contributed by atoms with Gasteiger partial charge in [0.15, 0.2) is 0 Å². The highest BCUT2D eigenvalue weighted by molar-refractivity contribution is 5.75. The van der Waals surface area contributed by atoms with Gasteiger partial charge >= 0.3 is 0 Å². The SMILES string of the molecule is CC(=O)CCCC/C=C(/C)Cc1c(C)cccc1C. The van der Waals surface area contributed by atoms with Crippen molar-refractivity contribution in [2.24, 2.45) is 0 Å². The van der Waals surface area contributed by atoms with Crippen LogP contribution in [-0.4, -0.2) is 5.78 Å². The number of allylic oxidation sites excluding steroid dienone is 2. The Morgan fingerprint density at radius 2 is 1.74 bits per heavy atom. The van der Waals surface area contributed by atoms with Crippen molar-refractivity contribution in [3.63, 3.8) is 0 Å². The van der Waals surface area contributed by atoms with E-state index in [1.54, 1.807) is 6.92 Å². The van der Waals surface area contributed by atoms with E-state index in [1.807, 2.05) is 0 Å². The molecule has 0 saturated carbocycles. The van der Waals surface area contributed by atoms with Gasteiger partial charge in [0.25, 0.3) is 0 Å². The molecule has 0 radical (unpaired) electrons. The van der Waals surface area contributed by atoms with Crippen molar-refractivity contribution in [1.82, 2.24) is 0 Å². The zero-order valence-electron chi connectivity index (χ0n) is 12.8. The topological polar surface area (TPSA) is 17.1 Å². The first-order chi connectivity index (χ1) is 9.00. The van der Waals surface area contributed by atoms with Crippen LogP contribution in [0.25, 0.3) is 0 Å². The molecule has 0 N–H and O–H groups in total. The maximum Gasteiger partial charge on any atom is 0.129 e. The molecule has 0 saturated heterocycles. The van der Waals surface area contributed by atoms with Crippen LogP contribution in [0.2, 0.25) is 0 Å². The summed E-state index contributed by atoms with van der Waals surface area (Å²) in [7, 11) is 0. The summed E-state index contributed by atoms with van der Waals surface area (Å²) < 4.78 is 0. The van der Waals surface area contributed by atoms with E-state index in [0.717, 1.165) is 32.1 Å². The molecule has 1 aromatic carbocycles. The summed E-state index contributed by atoms with van der Waals surface area (Å²) in [5.74, 6) is 0.302. The van der Waals surface area contributed by atoms with E-state index < -0.39 is 0 Å². The average molecular weight is 258 g/mol. The second-order valence-electron chi connectivity index (χ2n) is 5.55. The minimum Gasteiger partial charge on any atom is -0.300 e. The van der Waals surface area contributed by atoms with Gasteiger partial charge in [-0.2, -0.15) is 0 Å². The third kappa shape index (κ3) is 5.87. The first kappa shape index (κ1) is 15.7. The normalized spacial score (nSPS) is 11.7. The maximum atomic E-state index is 10.8. The van der Waals surface area contributed by atoms with Crippen LogP contribution in [0.4, 0.5) is 0 Å². The maximum absolute atomic E-state index is 10.8. The van der Waals surface area contributed by atoms with Gasteiger partial charge in [-0.05, 0) is 70.1 Å². The summed E-state index contributed by atoms with van der Waals surface area (Å²) in [6.45, 7) is 8.24. The van der Waals surface area contributed by atoms with Gasteiger partial charge in [-0.3, -0.25) is 0 Å². The van der Waals surface area contributed by atoms with Crippen LogP contribution in [0.15, 0.2) is 29.8 Å². The Labute approximate surface area is 117 Å². The Kier molecular flexibility index (Phi) is 6.55. The smallest absolute Gasteiger partial charge is 0.129 e. The van der Waals surface area contributed by atoms with Crippen molar-refractivity contribution in [1.29, 1.82) is 0 Å². The van der Waals surface area contributed by atoms with Gasteiger partial charge in [-0.15, -0.1) is 0 Å². The second kappa shape index (κ2) is 7.93. The van der Waals surface area contributed by atoms with Crippen LogP contribution in [-0.2, 0) is 11.2 Å². The largest absolute Gasteiger partial charge is 0.300 e. The third-order valence-electron chi connectivity index (χ3n) is 3.58. The Hall–Kier alpha value is -1.37. The van der Waals surface area contributed by atoms with E-state index in [-0.39, 0.29) is 0 Å². The van der Waals surface area contributed by atoms with E-state index in [1.165, 1.54) is 22.3 Å². The van der Waals surface area contributed by atoms with Crippen molar-refractivity contribution in [3.8, 4) is 0 Å². The molecule has 0 fully saturated rings. The molecular weight excluding hydrogens is 232 g/mol. The van der Waals surface area contributed by atoms with Crippen molar-refractivity contribution < 1.29 is 4.79 Å². The van der Waals surface area contributed by atoms with Gasteiger partial charge in [0.05, 0.1) is 0 Å². The van der Waals surface area contributed by atoms with Gasteiger partial charge in [0.1, 0.15) is 5.78 Å². The summed E-state index contributed by atoms with van der Waals surface area (Å²) in [5.41, 5.74) is 5.65. The standard InChI is InChI=1S/C18H26O/c1-14(9-6-5-7-12-17(4)19)13-18-15(2)10-8-11-16(18)3/h8-11H,5-7,12-13H2,1-4H3/b14-9-. The molecule has 0 unspecified atom stereocenters. The number of ketones is 1. The molecule has 0 aliphatic heterocycles. The highest BCUT2D eigenvalue weighted by Crippen LogP contribution is 2.18. The van der Waals surface area contributed by atoms with Crippen LogP contribution in [0, 0.1) is 13.8 Å². The zero-order valence-corrected chi connectivity index (χ0v) is 12.8. The van der Waals surface area contributed by atoms with Crippen LogP contribution in [0.5, 0.6) is 0 Å². The molecule has 0 amide bonds. The van der Waals surface area contributed by atoms with Crippen molar-refractivity contribution >= 4 is 5.78 Å². The van der Waals surface area contributed by atoms with E-state index in [0.29, 0.717) is 5.78 Å². The Bertz CT molecular complexity index is 435. The lowest BCUT2D eigenvalue weighted by atomic mass is 9.96. The van der Waals surface area contributed by atoms with Crippen LogP contribution < -0.4 is 0 Å². The van der Waals surface area contributed by atoms with Crippen LogP contribution in [0.1, 0.15) is 56.2 Å². The number of carbonyl (C=O) groups is 1. The number of benzene rings is 1. The van der Waals surface area contributed by atoms with Gasteiger partial charge < -0.3 is 4.79 Å². The molecule has 104 valence electrons. The minimum atomic E-state index is 0.302. The molecule has 19 heavy (non-hydrogen) atoms. The molecule has 1 aromatic rings. The first-order valence-corrected chi connectivity index (χ1v) is 7.21. The summed E-state index contributed by atoms with van der Waals surface area (Å²) in [4.78, 5) is 10.8. The molecule has 0 atom stereocenters. The number of Topliss-reactive ketones (excluding diaryl/α,β-unsaturated/α-hetero) is 1. The molecule has 1 heteroatoms. The monoisotopic (exact) mass is 258 g/mol. The lowest BCUT2D eigenvalue weighted by molar-refractivity contribution is -0.117. The highest BCUT2D eigenvalue weighted by atomic mass is 16.1. The Balaban J connectivity index is 2.46. The van der Waals surface area contributed by atoms with E-state index in [9.17, 15) is 4.79 Å². The highest BCUT2D eigenvalue weighted by Gasteiger charge is 2.02. The molecule has 1 nitrogen and oxygen atoms in total. The molecule has 0 aliphatic carbocycles. The van der Waals surface area contributed by atoms with Gasteiger partial charge in [-0.1, -0.05) is 29.8 Å². The van der Waals surface area contributed by atoms with E-state index in [2.05, 4.69) is 45.0 Å². The predicted octanol–water partition coefficient (Wildman–Crippen LogP) is 4.94. The summed E-state index contributed by atoms with van der Waals surface area (Å²) in [6.07, 6.45) is 7.32. The number of carbonyl (C=O) groups excluding carboxylic acids is 1. The molecule has 1 rings (SSSR count). The molecule has 0 aromatic heterocycles.